The molecule has 1 N–H and O–H groups in total. The molecule has 192 valence electrons. The number of ether oxygens (including phenoxy) is 1. The topological polar surface area (TPSA) is 70.1 Å². The summed E-state index contributed by atoms with van der Waals surface area (Å²) in [5.74, 6) is 0.372. The zero-order valence-corrected chi connectivity index (χ0v) is 21.3. The van der Waals surface area contributed by atoms with E-state index < -0.39 is 11.6 Å². The molecule has 2 fully saturated rings. The largest absolute Gasteiger partial charge is 0.494 e. The number of imide groups is 1. The van der Waals surface area contributed by atoms with Crippen LogP contribution in [0.25, 0.3) is 0 Å². The highest BCUT2D eigenvalue weighted by molar-refractivity contribution is 6.22. The molecule has 0 saturated carbocycles. The maximum atomic E-state index is 13.4. The first-order valence-corrected chi connectivity index (χ1v) is 13.2. The molecule has 3 aromatic rings. The molecule has 2 aliphatic rings. The number of carbonyl (C=O) groups excluding carboxylic acids is 2. The molecule has 0 aromatic heterocycles. The van der Waals surface area contributed by atoms with Crippen LogP contribution in [0, 0.1) is 5.92 Å². The number of likely N-dealkylation sites (tertiary alicyclic amines) is 1. The smallest absolute Gasteiger partial charge is 0.251 e. The second-order valence-corrected chi connectivity index (χ2v) is 9.94. The summed E-state index contributed by atoms with van der Waals surface area (Å²) in [5.41, 5.74) is 1.23. The van der Waals surface area contributed by atoms with Gasteiger partial charge in [0.15, 0.2) is 0 Å². The van der Waals surface area contributed by atoms with E-state index in [1.54, 1.807) is 24.3 Å². The quantitative estimate of drug-likeness (QED) is 0.454. The van der Waals surface area contributed by atoms with Gasteiger partial charge < -0.3 is 9.84 Å². The number of rotatable bonds is 8. The molecule has 2 amide bonds. The lowest BCUT2D eigenvalue weighted by Crippen LogP contribution is -2.49. The predicted octanol–water partition coefficient (Wildman–Crippen LogP) is 4.76. The minimum Gasteiger partial charge on any atom is -0.494 e. The third-order valence-electron chi connectivity index (χ3n) is 7.68. The number of aliphatic hydroxyl groups is 1. The lowest BCUT2D eigenvalue weighted by Gasteiger charge is -2.43. The lowest BCUT2D eigenvalue weighted by atomic mass is 9.72. The van der Waals surface area contributed by atoms with Crippen molar-refractivity contribution in [1.82, 2.24) is 4.90 Å². The summed E-state index contributed by atoms with van der Waals surface area (Å²) in [5, 5.41) is 12.1. The second kappa shape index (κ2) is 10.9. The molecule has 37 heavy (non-hydrogen) atoms. The minimum atomic E-state index is -1.11. The van der Waals surface area contributed by atoms with Crippen LogP contribution in [-0.2, 0) is 15.2 Å². The number of piperidine rings is 1. The second-order valence-electron chi connectivity index (χ2n) is 9.94. The van der Waals surface area contributed by atoms with E-state index in [1.807, 2.05) is 67.6 Å². The van der Waals surface area contributed by atoms with Crippen LogP contribution in [0.4, 0.5) is 5.69 Å². The summed E-state index contributed by atoms with van der Waals surface area (Å²) in [6.07, 6.45) is 2.54. The van der Waals surface area contributed by atoms with E-state index in [0.717, 1.165) is 36.1 Å². The maximum absolute atomic E-state index is 13.4. The third-order valence-corrected chi connectivity index (χ3v) is 7.68. The molecular weight excluding hydrogens is 464 g/mol. The summed E-state index contributed by atoms with van der Waals surface area (Å²) in [4.78, 5) is 29.7. The predicted molar refractivity (Wildman–Crippen MR) is 143 cm³/mol. The standard InChI is InChI=1S/C31H34N2O4/c1-2-21-37-27-15-13-26(14-16-27)33-29(34)22-28(30(33)35)32-19-17-25(18-20-32)31(36,23-9-5-3-6-10-23)24-11-7-4-8-12-24/h3-16,25,28,36H,2,17-22H2,1H3/t28-/m1/s1. The van der Waals surface area contributed by atoms with E-state index in [9.17, 15) is 14.7 Å². The molecule has 3 aromatic carbocycles. The Morgan fingerprint density at radius 2 is 1.43 bits per heavy atom. The molecule has 2 heterocycles. The molecule has 5 rings (SSSR count). The van der Waals surface area contributed by atoms with Gasteiger partial charge in [-0.3, -0.25) is 14.5 Å². The number of nitrogens with zero attached hydrogens (tertiary/aromatic N) is 2. The first-order valence-electron chi connectivity index (χ1n) is 13.2. The lowest BCUT2D eigenvalue weighted by molar-refractivity contribution is -0.123. The monoisotopic (exact) mass is 498 g/mol. The van der Waals surface area contributed by atoms with Gasteiger partial charge in [0.2, 0.25) is 5.91 Å². The van der Waals surface area contributed by atoms with Gasteiger partial charge in [-0.25, -0.2) is 4.90 Å². The van der Waals surface area contributed by atoms with Crippen molar-refractivity contribution in [2.24, 2.45) is 5.92 Å². The molecule has 0 spiro atoms. The van der Waals surface area contributed by atoms with Crippen LogP contribution in [0.2, 0.25) is 0 Å². The van der Waals surface area contributed by atoms with Crippen LogP contribution in [0.1, 0.15) is 43.7 Å². The Kier molecular flexibility index (Phi) is 7.40. The van der Waals surface area contributed by atoms with E-state index in [-0.39, 0.29) is 24.2 Å². The molecular formula is C31H34N2O4. The third kappa shape index (κ3) is 4.91. The summed E-state index contributed by atoms with van der Waals surface area (Å²) in [6, 6.07) is 26.4. The summed E-state index contributed by atoms with van der Waals surface area (Å²) < 4.78 is 5.63. The number of carbonyl (C=O) groups is 2. The van der Waals surface area contributed by atoms with Crippen molar-refractivity contribution in [3.8, 4) is 5.75 Å². The van der Waals surface area contributed by atoms with E-state index in [0.29, 0.717) is 25.4 Å². The molecule has 2 aliphatic heterocycles. The minimum absolute atomic E-state index is 0.00692. The Bertz CT molecular complexity index is 1170. The zero-order chi connectivity index (χ0) is 25.8. The Balaban J connectivity index is 1.29. The van der Waals surface area contributed by atoms with Gasteiger partial charge in [-0.05, 0) is 73.7 Å². The van der Waals surface area contributed by atoms with Gasteiger partial charge in [-0.2, -0.15) is 0 Å². The first-order chi connectivity index (χ1) is 18.0. The zero-order valence-electron chi connectivity index (χ0n) is 21.3. The van der Waals surface area contributed by atoms with Crippen molar-refractivity contribution in [2.45, 2.75) is 44.2 Å². The van der Waals surface area contributed by atoms with Crippen LogP contribution in [-0.4, -0.2) is 47.6 Å². The molecule has 6 nitrogen and oxygen atoms in total. The highest BCUT2D eigenvalue weighted by Crippen LogP contribution is 2.42. The fraction of sp³-hybridized carbons (Fsp3) is 0.355. The number of benzene rings is 3. The van der Waals surface area contributed by atoms with Gasteiger partial charge in [-0.15, -0.1) is 0 Å². The Morgan fingerprint density at radius 3 is 1.97 bits per heavy atom. The molecule has 2 saturated heterocycles. The van der Waals surface area contributed by atoms with Crippen LogP contribution in [0.15, 0.2) is 84.9 Å². The Labute approximate surface area is 218 Å². The fourth-order valence-electron chi connectivity index (χ4n) is 5.74. The SMILES string of the molecule is CCCOc1ccc(N2C(=O)C[C@@H](N3CCC(C(O)(c4ccccc4)c4ccccc4)CC3)C2=O)cc1. The van der Waals surface area contributed by atoms with Crippen LogP contribution in [0.3, 0.4) is 0 Å². The molecule has 0 unspecified atom stereocenters. The van der Waals surface area contributed by atoms with Crippen molar-refractivity contribution in [1.29, 1.82) is 0 Å². The van der Waals surface area contributed by atoms with Crippen molar-refractivity contribution >= 4 is 17.5 Å². The van der Waals surface area contributed by atoms with Crippen LogP contribution >= 0.6 is 0 Å². The van der Waals surface area contributed by atoms with Gasteiger partial charge in [0.1, 0.15) is 11.4 Å². The summed E-state index contributed by atoms with van der Waals surface area (Å²) in [7, 11) is 0. The highest BCUT2D eigenvalue weighted by Gasteiger charge is 2.46. The van der Waals surface area contributed by atoms with Crippen LogP contribution < -0.4 is 9.64 Å². The Hall–Kier alpha value is -3.48. The first kappa shape index (κ1) is 25.2. The molecule has 6 heteroatoms. The average Bonchev–Trinajstić information content (AvgIpc) is 3.26. The molecule has 0 bridgehead atoms. The summed E-state index contributed by atoms with van der Waals surface area (Å²) >= 11 is 0. The number of anilines is 1. The molecule has 0 radical (unpaired) electrons. The fourth-order valence-corrected chi connectivity index (χ4v) is 5.74. The van der Waals surface area contributed by atoms with Crippen molar-refractivity contribution in [3.05, 3.63) is 96.1 Å². The van der Waals surface area contributed by atoms with Gasteiger partial charge in [0.25, 0.3) is 5.91 Å². The maximum Gasteiger partial charge on any atom is 0.251 e. The van der Waals surface area contributed by atoms with E-state index >= 15 is 0 Å². The number of hydrogen-bond acceptors (Lipinski definition) is 5. The van der Waals surface area contributed by atoms with Gasteiger partial charge >= 0.3 is 0 Å². The van der Waals surface area contributed by atoms with Crippen LogP contribution in [0.5, 0.6) is 5.75 Å². The number of amides is 2. The van der Waals surface area contributed by atoms with Crippen molar-refractivity contribution in [3.63, 3.8) is 0 Å². The van der Waals surface area contributed by atoms with Crippen molar-refractivity contribution in [2.75, 3.05) is 24.6 Å². The van der Waals surface area contributed by atoms with E-state index in [2.05, 4.69) is 4.90 Å². The normalized spacial score (nSPS) is 19.4. The Morgan fingerprint density at radius 1 is 0.865 bits per heavy atom. The molecule has 0 aliphatic carbocycles. The van der Waals surface area contributed by atoms with Gasteiger partial charge in [0.05, 0.1) is 24.8 Å². The van der Waals surface area contributed by atoms with E-state index in [4.69, 9.17) is 4.74 Å². The molecule has 1 atom stereocenters. The average molecular weight is 499 g/mol. The number of hydrogen-bond donors (Lipinski definition) is 1. The highest BCUT2D eigenvalue weighted by atomic mass is 16.5. The van der Waals surface area contributed by atoms with Crippen molar-refractivity contribution < 1.29 is 19.4 Å². The van der Waals surface area contributed by atoms with E-state index in [1.165, 1.54) is 4.90 Å². The summed E-state index contributed by atoms with van der Waals surface area (Å²) in [6.45, 7) is 3.97. The van der Waals surface area contributed by atoms with Gasteiger partial charge in [0, 0.05) is 0 Å². The van der Waals surface area contributed by atoms with Gasteiger partial charge in [-0.1, -0.05) is 67.6 Å².